The van der Waals surface area contributed by atoms with Gasteiger partial charge in [-0.3, -0.25) is 9.59 Å². The summed E-state index contributed by atoms with van der Waals surface area (Å²) in [7, 11) is 0. The molecule has 1 heterocycles. The number of rotatable bonds is 4. The van der Waals surface area contributed by atoms with Crippen molar-refractivity contribution in [2.24, 2.45) is 5.92 Å². The Bertz CT molecular complexity index is 732. The van der Waals surface area contributed by atoms with E-state index in [1.165, 1.54) is 6.07 Å². The number of hydrogen-bond acceptors (Lipinski definition) is 3. The molecule has 0 unspecified atom stereocenters. The SMILES string of the molecule is CCc1cc(=O)[nH]c(-c2cccc(NC(=O)C3CC3)c2)n1. The molecule has 2 N–H and O–H groups in total. The number of hydrogen-bond donors (Lipinski definition) is 2. The van der Waals surface area contributed by atoms with Crippen molar-refractivity contribution in [1.82, 2.24) is 9.97 Å². The van der Waals surface area contributed by atoms with Crippen molar-refractivity contribution in [2.45, 2.75) is 26.2 Å². The molecule has 1 aromatic heterocycles. The Hall–Kier alpha value is -2.43. The van der Waals surface area contributed by atoms with Crippen LogP contribution in [-0.2, 0) is 11.2 Å². The highest BCUT2D eigenvalue weighted by Crippen LogP contribution is 2.30. The lowest BCUT2D eigenvalue weighted by Crippen LogP contribution is -2.13. The number of aromatic amines is 1. The zero-order chi connectivity index (χ0) is 14.8. The predicted octanol–water partition coefficient (Wildman–Crippen LogP) is 2.35. The van der Waals surface area contributed by atoms with Crippen LogP contribution in [-0.4, -0.2) is 15.9 Å². The fraction of sp³-hybridized carbons (Fsp3) is 0.312. The molecule has 5 heteroatoms. The fourth-order valence-electron chi connectivity index (χ4n) is 2.16. The number of anilines is 1. The third kappa shape index (κ3) is 3.18. The van der Waals surface area contributed by atoms with Gasteiger partial charge < -0.3 is 10.3 Å². The molecular weight excluding hydrogens is 266 g/mol. The van der Waals surface area contributed by atoms with Crippen molar-refractivity contribution < 1.29 is 4.79 Å². The van der Waals surface area contributed by atoms with E-state index in [1.807, 2.05) is 31.2 Å². The number of carbonyl (C=O) groups excluding carboxylic acids is 1. The monoisotopic (exact) mass is 283 g/mol. The molecule has 5 nitrogen and oxygen atoms in total. The number of nitrogens with one attached hydrogen (secondary N) is 2. The molecule has 21 heavy (non-hydrogen) atoms. The van der Waals surface area contributed by atoms with Crippen LogP contribution in [0.15, 0.2) is 35.1 Å². The van der Waals surface area contributed by atoms with Gasteiger partial charge in [0.15, 0.2) is 0 Å². The summed E-state index contributed by atoms with van der Waals surface area (Å²) in [4.78, 5) is 30.6. The van der Waals surface area contributed by atoms with Gasteiger partial charge in [-0.2, -0.15) is 0 Å². The van der Waals surface area contributed by atoms with E-state index in [-0.39, 0.29) is 17.4 Å². The van der Waals surface area contributed by atoms with Gasteiger partial charge in [-0.05, 0) is 31.4 Å². The average molecular weight is 283 g/mol. The number of H-pyrrole nitrogens is 1. The normalized spacial score (nSPS) is 14.0. The molecule has 0 saturated heterocycles. The summed E-state index contributed by atoms with van der Waals surface area (Å²) in [5.74, 6) is 0.757. The minimum atomic E-state index is -0.163. The quantitative estimate of drug-likeness (QED) is 0.904. The zero-order valence-electron chi connectivity index (χ0n) is 11.8. The van der Waals surface area contributed by atoms with Gasteiger partial charge in [0.05, 0.1) is 0 Å². The molecule has 2 aromatic rings. The van der Waals surface area contributed by atoms with E-state index in [2.05, 4.69) is 15.3 Å². The second-order valence-electron chi connectivity index (χ2n) is 5.28. The molecule has 0 aliphatic heterocycles. The summed E-state index contributed by atoms with van der Waals surface area (Å²) >= 11 is 0. The lowest BCUT2D eigenvalue weighted by molar-refractivity contribution is -0.117. The number of aromatic nitrogens is 2. The fourth-order valence-corrected chi connectivity index (χ4v) is 2.16. The molecule has 1 aliphatic rings. The molecule has 0 bridgehead atoms. The summed E-state index contributed by atoms with van der Waals surface area (Å²) in [6, 6.07) is 8.88. The van der Waals surface area contributed by atoms with E-state index >= 15 is 0 Å². The Balaban J connectivity index is 1.89. The number of benzene rings is 1. The van der Waals surface area contributed by atoms with Crippen LogP contribution in [0.1, 0.15) is 25.5 Å². The smallest absolute Gasteiger partial charge is 0.251 e. The highest BCUT2D eigenvalue weighted by Gasteiger charge is 2.29. The lowest BCUT2D eigenvalue weighted by Gasteiger charge is -2.07. The Morgan fingerprint density at radius 2 is 2.19 bits per heavy atom. The van der Waals surface area contributed by atoms with Crippen LogP contribution in [0.3, 0.4) is 0 Å². The molecule has 3 rings (SSSR count). The average Bonchev–Trinajstić information content (AvgIpc) is 3.31. The number of carbonyl (C=O) groups is 1. The van der Waals surface area contributed by atoms with E-state index in [0.29, 0.717) is 12.2 Å². The molecule has 1 aromatic carbocycles. The maximum Gasteiger partial charge on any atom is 0.251 e. The van der Waals surface area contributed by atoms with Crippen molar-refractivity contribution in [3.63, 3.8) is 0 Å². The maximum absolute atomic E-state index is 11.8. The first-order valence-electron chi connectivity index (χ1n) is 7.17. The van der Waals surface area contributed by atoms with Gasteiger partial charge in [-0.25, -0.2) is 4.98 Å². The Morgan fingerprint density at radius 3 is 2.90 bits per heavy atom. The molecule has 0 atom stereocenters. The van der Waals surface area contributed by atoms with Crippen LogP contribution < -0.4 is 10.9 Å². The van der Waals surface area contributed by atoms with Crippen LogP contribution in [0.5, 0.6) is 0 Å². The molecular formula is C16H17N3O2. The Morgan fingerprint density at radius 1 is 1.38 bits per heavy atom. The first-order valence-corrected chi connectivity index (χ1v) is 7.17. The molecule has 1 fully saturated rings. The van der Waals surface area contributed by atoms with Crippen LogP contribution in [0.2, 0.25) is 0 Å². The molecule has 1 aliphatic carbocycles. The van der Waals surface area contributed by atoms with Crippen LogP contribution >= 0.6 is 0 Å². The van der Waals surface area contributed by atoms with Crippen molar-refractivity contribution in [3.8, 4) is 11.4 Å². The van der Waals surface area contributed by atoms with Gasteiger partial charge in [0.2, 0.25) is 5.91 Å². The third-order valence-corrected chi connectivity index (χ3v) is 3.51. The first kappa shape index (κ1) is 13.5. The van der Waals surface area contributed by atoms with Crippen molar-refractivity contribution in [2.75, 3.05) is 5.32 Å². The number of amides is 1. The first-order chi connectivity index (χ1) is 10.2. The zero-order valence-corrected chi connectivity index (χ0v) is 11.8. The topological polar surface area (TPSA) is 74.8 Å². The van der Waals surface area contributed by atoms with Crippen molar-refractivity contribution >= 4 is 11.6 Å². The summed E-state index contributed by atoms with van der Waals surface area (Å²) in [5.41, 5.74) is 2.11. The molecule has 1 saturated carbocycles. The van der Waals surface area contributed by atoms with E-state index in [1.54, 1.807) is 0 Å². The van der Waals surface area contributed by atoms with E-state index < -0.39 is 0 Å². The number of aryl methyl sites for hydroxylation is 1. The maximum atomic E-state index is 11.8. The van der Waals surface area contributed by atoms with Crippen molar-refractivity contribution in [1.29, 1.82) is 0 Å². The van der Waals surface area contributed by atoms with E-state index in [9.17, 15) is 9.59 Å². The van der Waals surface area contributed by atoms with Gasteiger partial charge in [0.25, 0.3) is 5.56 Å². The Kier molecular flexibility index (Phi) is 3.56. The standard InChI is InChI=1S/C16H17N3O2/c1-2-12-9-14(20)19-15(17-12)11-4-3-5-13(8-11)18-16(21)10-6-7-10/h3-5,8-10H,2,6-7H2,1H3,(H,18,21)(H,17,19,20). The second-order valence-corrected chi connectivity index (χ2v) is 5.28. The van der Waals surface area contributed by atoms with Crippen LogP contribution in [0.4, 0.5) is 5.69 Å². The summed E-state index contributed by atoms with van der Waals surface area (Å²) in [5, 5.41) is 2.90. The van der Waals surface area contributed by atoms with Crippen LogP contribution in [0, 0.1) is 5.92 Å². The minimum Gasteiger partial charge on any atom is -0.326 e. The summed E-state index contributed by atoms with van der Waals surface area (Å²) in [6.45, 7) is 1.96. The highest BCUT2D eigenvalue weighted by atomic mass is 16.2. The van der Waals surface area contributed by atoms with Gasteiger partial charge in [0.1, 0.15) is 5.82 Å². The molecule has 0 radical (unpaired) electrons. The molecule has 108 valence electrons. The van der Waals surface area contributed by atoms with Gasteiger partial charge >= 0.3 is 0 Å². The third-order valence-electron chi connectivity index (χ3n) is 3.51. The molecule has 1 amide bonds. The second kappa shape index (κ2) is 5.52. The van der Waals surface area contributed by atoms with Gasteiger partial charge in [-0.15, -0.1) is 0 Å². The minimum absolute atomic E-state index is 0.0657. The summed E-state index contributed by atoms with van der Waals surface area (Å²) < 4.78 is 0. The molecule has 0 spiro atoms. The van der Waals surface area contributed by atoms with Crippen LogP contribution in [0.25, 0.3) is 11.4 Å². The number of nitrogens with zero attached hydrogens (tertiary/aromatic N) is 1. The lowest BCUT2D eigenvalue weighted by atomic mass is 10.1. The Labute approximate surface area is 122 Å². The summed E-state index contributed by atoms with van der Waals surface area (Å²) in [6.07, 6.45) is 2.65. The van der Waals surface area contributed by atoms with Crippen molar-refractivity contribution in [3.05, 3.63) is 46.4 Å². The largest absolute Gasteiger partial charge is 0.326 e. The highest BCUT2D eigenvalue weighted by molar-refractivity contribution is 5.94. The van der Waals surface area contributed by atoms with Gasteiger partial charge in [-0.1, -0.05) is 19.1 Å². The van der Waals surface area contributed by atoms with E-state index in [4.69, 9.17) is 0 Å². The predicted molar refractivity (Wildman–Crippen MR) is 81.0 cm³/mol. The van der Waals surface area contributed by atoms with E-state index in [0.717, 1.165) is 29.8 Å². The van der Waals surface area contributed by atoms with Gasteiger partial charge in [0, 0.05) is 28.9 Å².